The third-order valence-corrected chi connectivity index (χ3v) is 13.0. The Morgan fingerprint density at radius 2 is 0.704 bits per heavy atom. The van der Waals surface area contributed by atoms with E-state index in [1.165, 1.54) is 24.3 Å². The van der Waals surface area contributed by atoms with Crippen molar-refractivity contribution in [1.82, 2.24) is 14.5 Å². The van der Waals surface area contributed by atoms with Gasteiger partial charge in [0.1, 0.15) is 0 Å². The van der Waals surface area contributed by atoms with Crippen LogP contribution in [-0.4, -0.2) is 14.5 Å². The molecule has 71 heavy (non-hydrogen) atoms. The lowest BCUT2D eigenvalue weighted by Gasteiger charge is -2.22. The number of aromatic nitrogens is 3. The number of alkyl halides is 6. The maximum Gasteiger partial charge on any atom is 0.416 e. The van der Waals surface area contributed by atoms with Crippen LogP contribution in [0.2, 0.25) is 0 Å². The molecule has 0 unspecified atom stereocenters. The highest BCUT2D eigenvalue weighted by Crippen LogP contribution is 2.46. The Morgan fingerprint density at radius 3 is 1.08 bits per heavy atom. The van der Waals surface area contributed by atoms with Gasteiger partial charge < -0.3 is 4.57 Å². The van der Waals surface area contributed by atoms with Crippen molar-refractivity contribution in [3.63, 3.8) is 0 Å². The Hall–Kier alpha value is -8.56. The molecule has 0 radical (unpaired) electrons. The van der Waals surface area contributed by atoms with Crippen LogP contribution >= 0.6 is 0 Å². The number of aryl methyl sites for hydroxylation is 2. The summed E-state index contributed by atoms with van der Waals surface area (Å²) in [6, 6.07) is 63.9. The molecule has 0 aliphatic heterocycles. The molecule has 0 aliphatic rings. The first kappa shape index (κ1) is 44.9. The standard InChI is InChI=1S/C62H41F6N3/c1-38-13-17-40(18-14-38)46-25-31-57-53(33-46)54-34-47(41-19-15-39(2)16-20-41)26-32-58(54)71(57)59-51(42-21-27-49(28-22-42)61(63,64)65)35-48(36-52(59)43-23-29-50(30-24-43)62(66,67)68)60-69-55(44-9-5-3-6-10-44)37-56(70-60)45-11-7-4-8-12-45/h3-37H,1-2H3. The first-order valence-corrected chi connectivity index (χ1v) is 23.0. The zero-order chi connectivity index (χ0) is 49.0. The monoisotopic (exact) mass is 941 g/mol. The predicted molar refractivity (Wildman–Crippen MR) is 274 cm³/mol. The van der Waals surface area contributed by atoms with Gasteiger partial charge in [-0.1, -0.05) is 157 Å². The smallest absolute Gasteiger partial charge is 0.308 e. The van der Waals surface area contributed by atoms with E-state index >= 15 is 0 Å². The average molecular weight is 942 g/mol. The van der Waals surface area contributed by atoms with Gasteiger partial charge in [0.05, 0.1) is 39.2 Å². The van der Waals surface area contributed by atoms with Gasteiger partial charge >= 0.3 is 12.4 Å². The molecule has 11 aromatic rings. The molecular weight excluding hydrogens is 901 g/mol. The lowest BCUT2D eigenvalue weighted by Crippen LogP contribution is -2.06. The normalized spacial score (nSPS) is 11.9. The van der Waals surface area contributed by atoms with Gasteiger partial charge in [0.2, 0.25) is 0 Å². The van der Waals surface area contributed by atoms with Crippen molar-refractivity contribution in [3.8, 4) is 84.1 Å². The first-order valence-electron chi connectivity index (χ1n) is 23.0. The number of hydrogen-bond acceptors (Lipinski definition) is 2. The lowest BCUT2D eigenvalue weighted by atomic mass is 9.91. The molecule has 11 rings (SSSR count). The maximum atomic E-state index is 14.3. The van der Waals surface area contributed by atoms with Crippen LogP contribution in [0.3, 0.4) is 0 Å². The maximum absolute atomic E-state index is 14.3. The number of benzene rings is 9. The van der Waals surface area contributed by atoms with Crippen LogP contribution in [0, 0.1) is 13.8 Å². The largest absolute Gasteiger partial charge is 0.416 e. The summed E-state index contributed by atoms with van der Waals surface area (Å²) in [5.41, 5.74) is 12.0. The third-order valence-electron chi connectivity index (χ3n) is 13.0. The van der Waals surface area contributed by atoms with Gasteiger partial charge in [-0.3, -0.25) is 0 Å². The van der Waals surface area contributed by atoms with Crippen molar-refractivity contribution in [2.75, 3.05) is 0 Å². The van der Waals surface area contributed by atoms with E-state index in [2.05, 4.69) is 65.2 Å². The molecule has 9 aromatic carbocycles. The van der Waals surface area contributed by atoms with Gasteiger partial charge in [0, 0.05) is 38.6 Å². The molecule has 9 heteroatoms. The zero-order valence-corrected chi connectivity index (χ0v) is 38.3. The van der Waals surface area contributed by atoms with Gasteiger partial charge in [-0.2, -0.15) is 26.3 Å². The van der Waals surface area contributed by atoms with E-state index in [4.69, 9.17) is 9.97 Å². The van der Waals surface area contributed by atoms with Gasteiger partial charge in [0.25, 0.3) is 0 Å². The molecule has 0 spiro atoms. The van der Waals surface area contributed by atoms with Gasteiger partial charge in [-0.05, 0) is 114 Å². The van der Waals surface area contributed by atoms with Gasteiger partial charge in [-0.25, -0.2) is 9.97 Å². The third kappa shape index (κ3) is 8.76. The van der Waals surface area contributed by atoms with E-state index in [1.54, 1.807) is 0 Å². The van der Waals surface area contributed by atoms with Crippen LogP contribution in [-0.2, 0) is 12.4 Å². The quantitative estimate of drug-likeness (QED) is 0.142. The van der Waals surface area contributed by atoms with Crippen LogP contribution < -0.4 is 0 Å². The Morgan fingerprint density at radius 1 is 0.338 bits per heavy atom. The Labute approximate surface area is 406 Å². The second-order valence-corrected chi connectivity index (χ2v) is 17.8. The molecular formula is C62H41F6N3. The molecule has 0 fully saturated rings. The molecule has 0 atom stereocenters. The first-order chi connectivity index (χ1) is 34.2. The number of halogens is 6. The van der Waals surface area contributed by atoms with Crippen LogP contribution in [0.1, 0.15) is 22.3 Å². The van der Waals surface area contributed by atoms with E-state index in [-0.39, 0.29) is 0 Å². The van der Waals surface area contributed by atoms with E-state index < -0.39 is 23.5 Å². The summed E-state index contributed by atoms with van der Waals surface area (Å²) < 4.78 is 87.7. The highest BCUT2D eigenvalue weighted by atomic mass is 19.4. The van der Waals surface area contributed by atoms with Crippen LogP contribution in [0.25, 0.3) is 106 Å². The molecule has 0 bridgehead atoms. The summed E-state index contributed by atoms with van der Waals surface area (Å²) in [4.78, 5) is 10.3. The Kier molecular flexibility index (Phi) is 11.2. The zero-order valence-electron chi connectivity index (χ0n) is 38.3. The lowest BCUT2D eigenvalue weighted by molar-refractivity contribution is -0.138. The minimum atomic E-state index is -4.61. The predicted octanol–water partition coefficient (Wildman–Crippen LogP) is 17.9. The van der Waals surface area contributed by atoms with E-state index in [0.29, 0.717) is 50.7 Å². The van der Waals surface area contributed by atoms with Crippen LogP contribution in [0.5, 0.6) is 0 Å². The number of fused-ring (bicyclic) bond motifs is 3. The molecule has 0 saturated carbocycles. The highest BCUT2D eigenvalue weighted by Gasteiger charge is 2.32. The molecule has 0 amide bonds. The second-order valence-electron chi connectivity index (χ2n) is 17.8. The van der Waals surface area contributed by atoms with E-state index in [0.717, 1.165) is 90.6 Å². The average Bonchev–Trinajstić information content (AvgIpc) is 3.71. The summed E-state index contributed by atoms with van der Waals surface area (Å²) in [6.45, 7) is 4.07. The van der Waals surface area contributed by atoms with Crippen molar-refractivity contribution in [3.05, 3.63) is 235 Å². The van der Waals surface area contributed by atoms with Gasteiger partial charge in [-0.15, -0.1) is 0 Å². The Bertz CT molecular complexity index is 3510. The summed E-state index contributed by atoms with van der Waals surface area (Å²) >= 11 is 0. The number of hydrogen-bond donors (Lipinski definition) is 0. The summed E-state index contributed by atoms with van der Waals surface area (Å²) in [5.74, 6) is 0.311. The van der Waals surface area contributed by atoms with E-state index in [9.17, 15) is 26.3 Å². The minimum absolute atomic E-state index is 0.311. The fraction of sp³-hybridized carbons (Fsp3) is 0.0645. The highest BCUT2D eigenvalue weighted by molar-refractivity contribution is 6.13. The molecule has 0 aliphatic carbocycles. The molecule has 0 saturated heterocycles. The fourth-order valence-corrected chi connectivity index (χ4v) is 9.33. The molecule has 346 valence electrons. The topological polar surface area (TPSA) is 30.7 Å². The van der Waals surface area contributed by atoms with Crippen molar-refractivity contribution in [2.24, 2.45) is 0 Å². The number of rotatable bonds is 8. The number of nitrogens with zero attached hydrogens (tertiary/aromatic N) is 3. The minimum Gasteiger partial charge on any atom is -0.308 e. The van der Waals surface area contributed by atoms with Crippen molar-refractivity contribution >= 4 is 21.8 Å². The summed E-state index contributed by atoms with van der Waals surface area (Å²) in [7, 11) is 0. The molecule has 0 N–H and O–H groups in total. The summed E-state index contributed by atoms with van der Waals surface area (Å²) in [6.07, 6.45) is -9.21. The fourth-order valence-electron chi connectivity index (χ4n) is 9.33. The van der Waals surface area contributed by atoms with Crippen molar-refractivity contribution in [1.29, 1.82) is 0 Å². The summed E-state index contributed by atoms with van der Waals surface area (Å²) in [5, 5.41) is 1.80. The van der Waals surface area contributed by atoms with Crippen molar-refractivity contribution < 1.29 is 26.3 Å². The van der Waals surface area contributed by atoms with Crippen LogP contribution in [0.4, 0.5) is 26.3 Å². The van der Waals surface area contributed by atoms with Crippen molar-refractivity contribution in [2.45, 2.75) is 26.2 Å². The second kappa shape index (κ2) is 17.8. The van der Waals surface area contributed by atoms with E-state index in [1.807, 2.05) is 117 Å². The molecule has 2 heterocycles. The van der Waals surface area contributed by atoms with Crippen LogP contribution in [0.15, 0.2) is 212 Å². The Balaban J connectivity index is 1.26. The molecule has 2 aromatic heterocycles. The SMILES string of the molecule is Cc1ccc(-c2ccc3c(c2)c2cc(-c4ccc(C)cc4)ccc2n3-c2c(-c3ccc(C(F)(F)F)cc3)cc(-c3nc(-c4ccccc4)cc(-c4ccccc4)n3)cc2-c2ccc(C(F)(F)F)cc2)cc1. The van der Waals surface area contributed by atoms with Gasteiger partial charge in [0.15, 0.2) is 5.82 Å². The molecule has 3 nitrogen and oxygen atoms in total.